The van der Waals surface area contributed by atoms with E-state index < -0.39 is 0 Å². The summed E-state index contributed by atoms with van der Waals surface area (Å²) in [5.41, 5.74) is 0.765. The van der Waals surface area contributed by atoms with Gasteiger partial charge in [0.1, 0.15) is 0 Å². The van der Waals surface area contributed by atoms with Gasteiger partial charge in [-0.1, -0.05) is 11.6 Å². The molecule has 146 valence electrons. The first-order valence-electron chi connectivity index (χ1n) is 9.26. The number of amides is 3. The molecule has 1 aromatic rings. The van der Waals surface area contributed by atoms with Crippen LogP contribution in [0.3, 0.4) is 0 Å². The molecule has 2 atom stereocenters. The van der Waals surface area contributed by atoms with Crippen LogP contribution in [0.4, 0.5) is 10.5 Å². The van der Waals surface area contributed by atoms with Crippen LogP contribution in [0.25, 0.3) is 0 Å². The summed E-state index contributed by atoms with van der Waals surface area (Å²) in [7, 11) is 0. The highest BCUT2D eigenvalue weighted by atomic mass is 35.5. The highest BCUT2D eigenvalue weighted by molar-refractivity contribution is 6.30. The van der Waals surface area contributed by atoms with Gasteiger partial charge in [-0.05, 0) is 44.0 Å². The van der Waals surface area contributed by atoms with Crippen LogP contribution < -0.4 is 10.2 Å². The number of anilines is 1. The van der Waals surface area contributed by atoms with Crippen LogP contribution in [0, 0.1) is 5.92 Å². The molecule has 27 heavy (non-hydrogen) atoms. The summed E-state index contributed by atoms with van der Waals surface area (Å²) < 4.78 is 5.07. The minimum Gasteiger partial charge on any atom is -0.466 e. The Morgan fingerprint density at radius 3 is 2.70 bits per heavy atom. The number of nitrogens with one attached hydrogen (secondary N) is 1. The van der Waals surface area contributed by atoms with E-state index in [1.54, 1.807) is 41.0 Å². The third kappa shape index (κ3) is 4.71. The monoisotopic (exact) mass is 393 g/mol. The van der Waals surface area contributed by atoms with E-state index in [0.29, 0.717) is 31.3 Å². The third-order valence-corrected chi connectivity index (χ3v) is 5.17. The van der Waals surface area contributed by atoms with Gasteiger partial charge in [0.2, 0.25) is 5.91 Å². The van der Waals surface area contributed by atoms with Crippen LogP contribution in [0.1, 0.15) is 26.2 Å². The molecule has 2 fully saturated rings. The minimum atomic E-state index is -0.278. The van der Waals surface area contributed by atoms with E-state index in [0.717, 1.165) is 18.5 Å². The number of nitrogens with zero attached hydrogens (tertiary/aromatic N) is 2. The number of carbonyl (C=O) groups excluding carboxylic acids is 3. The summed E-state index contributed by atoms with van der Waals surface area (Å²) >= 11 is 5.89. The van der Waals surface area contributed by atoms with Crippen molar-refractivity contribution in [1.82, 2.24) is 10.2 Å². The second-order valence-electron chi connectivity index (χ2n) is 6.87. The van der Waals surface area contributed by atoms with E-state index in [4.69, 9.17) is 16.3 Å². The second-order valence-corrected chi connectivity index (χ2v) is 7.30. The summed E-state index contributed by atoms with van der Waals surface area (Å²) in [6, 6.07) is 6.56. The summed E-state index contributed by atoms with van der Waals surface area (Å²) in [6.07, 6.45) is 1.75. The Morgan fingerprint density at radius 2 is 2.00 bits per heavy atom. The maximum atomic E-state index is 12.6. The number of benzene rings is 1. The predicted octanol–water partition coefficient (Wildman–Crippen LogP) is 2.43. The lowest BCUT2D eigenvalue weighted by atomic mass is 9.98. The Bertz CT molecular complexity index is 709. The maximum Gasteiger partial charge on any atom is 0.317 e. The Hall–Kier alpha value is -2.28. The number of hydrogen-bond acceptors (Lipinski definition) is 4. The average molecular weight is 394 g/mol. The van der Waals surface area contributed by atoms with Gasteiger partial charge >= 0.3 is 12.0 Å². The van der Waals surface area contributed by atoms with Crippen LogP contribution in [0.5, 0.6) is 0 Å². The molecular formula is C19H24ClN3O4. The molecular weight excluding hydrogens is 370 g/mol. The van der Waals surface area contributed by atoms with E-state index in [1.807, 2.05) is 0 Å². The fourth-order valence-electron chi connectivity index (χ4n) is 3.55. The van der Waals surface area contributed by atoms with Crippen molar-refractivity contribution >= 4 is 35.2 Å². The second kappa shape index (κ2) is 8.61. The van der Waals surface area contributed by atoms with Crippen molar-refractivity contribution in [2.75, 3.05) is 31.1 Å². The Balaban J connectivity index is 1.56. The Morgan fingerprint density at radius 1 is 1.26 bits per heavy atom. The van der Waals surface area contributed by atoms with Crippen molar-refractivity contribution < 1.29 is 19.1 Å². The number of hydrogen-bond donors (Lipinski definition) is 1. The van der Waals surface area contributed by atoms with Crippen LogP contribution in [0.15, 0.2) is 24.3 Å². The van der Waals surface area contributed by atoms with Crippen molar-refractivity contribution in [3.63, 3.8) is 0 Å². The molecule has 2 aliphatic rings. The normalized spacial score (nSPS) is 22.7. The molecule has 2 saturated heterocycles. The molecule has 3 amide bonds. The number of likely N-dealkylation sites (tertiary alicyclic amines) is 1. The van der Waals surface area contributed by atoms with Gasteiger partial charge in [-0.15, -0.1) is 0 Å². The highest BCUT2D eigenvalue weighted by Gasteiger charge is 2.34. The number of ether oxygens (including phenoxy) is 1. The number of esters is 1. The molecule has 0 saturated carbocycles. The smallest absolute Gasteiger partial charge is 0.317 e. The zero-order valence-corrected chi connectivity index (χ0v) is 16.1. The summed E-state index contributed by atoms with van der Waals surface area (Å²) in [5, 5.41) is 3.54. The van der Waals surface area contributed by atoms with Gasteiger partial charge in [-0.2, -0.15) is 0 Å². The number of carbonyl (C=O) groups is 3. The summed E-state index contributed by atoms with van der Waals surface area (Å²) in [6.45, 7) is 3.48. The Labute approximate surface area is 163 Å². The molecule has 0 bridgehead atoms. The first-order valence-corrected chi connectivity index (χ1v) is 9.63. The van der Waals surface area contributed by atoms with Gasteiger partial charge in [0, 0.05) is 36.8 Å². The molecule has 2 aliphatic heterocycles. The third-order valence-electron chi connectivity index (χ3n) is 4.92. The van der Waals surface area contributed by atoms with Crippen LogP contribution >= 0.6 is 11.6 Å². The molecule has 1 aromatic carbocycles. The molecule has 0 unspecified atom stereocenters. The standard InChI is InChI=1S/C19H24ClN3O4/c1-2-27-18(25)13-4-3-9-22(11-13)19(26)21-15-10-17(24)23(12-15)16-7-5-14(20)6-8-16/h5-8,13,15H,2-4,9-12H2,1H3,(H,21,26)/t13-,15-/m1/s1. The van der Waals surface area contributed by atoms with Gasteiger partial charge in [0.15, 0.2) is 0 Å². The quantitative estimate of drug-likeness (QED) is 0.797. The van der Waals surface area contributed by atoms with Gasteiger partial charge in [0.25, 0.3) is 0 Å². The summed E-state index contributed by atoms with van der Waals surface area (Å²) in [5.74, 6) is -0.564. The van der Waals surface area contributed by atoms with E-state index >= 15 is 0 Å². The number of rotatable bonds is 4. The Kier molecular flexibility index (Phi) is 6.21. The zero-order chi connectivity index (χ0) is 19.4. The molecule has 7 nitrogen and oxygen atoms in total. The van der Waals surface area contributed by atoms with Crippen molar-refractivity contribution in [1.29, 1.82) is 0 Å². The topological polar surface area (TPSA) is 79.0 Å². The maximum absolute atomic E-state index is 12.6. The van der Waals surface area contributed by atoms with Crippen molar-refractivity contribution in [2.45, 2.75) is 32.2 Å². The highest BCUT2D eigenvalue weighted by Crippen LogP contribution is 2.24. The minimum absolute atomic E-state index is 0.0364. The van der Waals surface area contributed by atoms with E-state index in [2.05, 4.69) is 5.32 Å². The number of halogens is 1. The zero-order valence-electron chi connectivity index (χ0n) is 15.3. The SMILES string of the molecule is CCOC(=O)[C@@H]1CCCN(C(=O)N[C@@H]2CC(=O)N(c3ccc(Cl)cc3)C2)C1. The van der Waals surface area contributed by atoms with E-state index in [1.165, 1.54) is 0 Å². The lowest BCUT2D eigenvalue weighted by molar-refractivity contribution is -0.149. The molecule has 0 aromatic heterocycles. The van der Waals surface area contributed by atoms with E-state index in [9.17, 15) is 14.4 Å². The van der Waals surface area contributed by atoms with Crippen LogP contribution in [0.2, 0.25) is 5.02 Å². The molecule has 0 radical (unpaired) electrons. The largest absolute Gasteiger partial charge is 0.466 e. The lowest BCUT2D eigenvalue weighted by Gasteiger charge is -2.32. The summed E-state index contributed by atoms with van der Waals surface area (Å²) in [4.78, 5) is 40.1. The van der Waals surface area contributed by atoms with Crippen molar-refractivity contribution in [3.8, 4) is 0 Å². The predicted molar refractivity (Wildman–Crippen MR) is 102 cm³/mol. The first-order chi connectivity index (χ1) is 13.0. The van der Waals surface area contributed by atoms with Crippen molar-refractivity contribution in [3.05, 3.63) is 29.3 Å². The number of piperidine rings is 1. The molecule has 3 rings (SSSR count). The fraction of sp³-hybridized carbons (Fsp3) is 0.526. The van der Waals surface area contributed by atoms with E-state index in [-0.39, 0.29) is 36.3 Å². The average Bonchev–Trinajstić information content (AvgIpc) is 3.02. The molecule has 0 aliphatic carbocycles. The molecule has 2 heterocycles. The van der Waals surface area contributed by atoms with Crippen molar-refractivity contribution in [2.24, 2.45) is 5.92 Å². The van der Waals surface area contributed by atoms with Gasteiger partial charge in [-0.3, -0.25) is 9.59 Å². The van der Waals surface area contributed by atoms with Crippen LogP contribution in [-0.4, -0.2) is 55.1 Å². The van der Waals surface area contributed by atoms with Gasteiger partial charge in [-0.25, -0.2) is 4.79 Å². The molecule has 0 spiro atoms. The van der Waals surface area contributed by atoms with Gasteiger partial charge < -0.3 is 19.9 Å². The number of urea groups is 1. The molecule has 8 heteroatoms. The molecule has 1 N–H and O–H groups in total. The van der Waals surface area contributed by atoms with Gasteiger partial charge in [0.05, 0.1) is 18.6 Å². The first kappa shape index (κ1) is 19.5. The van der Waals surface area contributed by atoms with Crippen LogP contribution in [-0.2, 0) is 14.3 Å². The lowest BCUT2D eigenvalue weighted by Crippen LogP contribution is -2.50. The fourth-order valence-corrected chi connectivity index (χ4v) is 3.68.